The van der Waals surface area contributed by atoms with Crippen molar-refractivity contribution in [2.24, 2.45) is 0 Å². The standard InChI is InChI=1S/C18H16O4/c1-3-14-17(12-6-4-5-7-15(12)21-2)18(20)13-9-8-11(19)10-16(13)22-14/h4-10,19H,3H2,1-2H3. The molecule has 0 aliphatic heterocycles. The SMILES string of the molecule is CCc1oc2cc(O)ccc2c(=O)c1-c1ccccc1OC. The van der Waals surface area contributed by atoms with E-state index in [1.165, 1.54) is 12.1 Å². The summed E-state index contributed by atoms with van der Waals surface area (Å²) in [4.78, 5) is 12.9. The number of para-hydroxylation sites is 1. The first kappa shape index (κ1) is 14.2. The predicted molar refractivity (Wildman–Crippen MR) is 85.5 cm³/mol. The van der Waals surface area contributed by atoms with Crippen LogP contribution in [-0.4, -0.2) is 12.2 Å². The van der Waals surface area contributed by atoms with Gasteiger partial charge in [0.15, 0.2) is 0 Å². The third-order valence-electron chi connectivity index (χ3n) is 3.65. The molecule has 0 saturated heterocycles. The summed E-state index contributed by atoms with van der Waals surface area (Å²) in [6.07, 6.45) is 0.564. The van der Waals surface area contributed by atoms with Crippen LogP contribution >= 0.6 is 0 Å². The fourth-order valence-corrected chi connectivity index (χ4v) is 2.60. The summed E-state index contributed by atoms with van der Waals surface area (Å²) >= 11 is 0. The number of aromatic hydroxyl groups is 1. The van der Waals surface area contributed by atoms with Crippen molar-refractivity contribution in [1.82, 2.24) is 0 Å². The average Bonchev–Trinajstić information content (AvgIpc) is 2.54. The second kappa shape index (κ2) is 5.56. The average molecular weight is 296 g/mol. The van der Waals surface area contributed by atoms with Crippen LogP contribution in [0.1, 0.15) is 12.7 Å². The van der Waals surface area contributed by atoms with E-state index in [0.29, 0.717) is 40.0 Å². The number of methoxy groups -OCH3 is 1. The predicted octanol–water partition coefficient (Wildman–Crippen LogP) is 3.74. The second-order valence-corrected chi connectivity index (χ2v) is 4.96. The molecule has 0 radical (unpaired) electrons. The Balaban J connectivity index is 2.40. The van der Waals surface area contributed by atoms with Crippen molar-refractivity contribution in [3.8, 4) is 22.6 Å². The first-order valence-corrected chi connectivity index (χ1v) is 7.07. The maximum absolute atomic E-state index is 12.9. The molecule has 4 nitrogen and oxygen atoms in total. The Bertz CT molecular complexity index is 893. The lowest BCUT2D eigenvalue weighted by Gasteiger charge is -2.12. The number of hydrogen-bond donors (Lipinski definition) is 1. The van der Waals surface area contributed by atoms with E-state index in [-0.39, 0.29) is 11.2 Å². The van der Waals surface area contributed by atoms with Crippen LogP contribution in [0.5, 0.6) is 11.5 Å². The minimum absolute atomic E-state index is 0.0720. The smallest absolute Gasteiger partial charge is 0.200 e. The molecule has 4 heteroatoms. The van der Waals surface area contributed by atoms with Gasteiger partial charge in [-0.25, -0.2) is 0 Å². The Morgan fingerprint density at radius 1 is 1.18 bits per heavy atom. The van der Waals surface area contributed by atoms with E-state index in [4.69, 9.17) is 9.15 Å². The molecule has 22 heavy (non-hydrogen) atoms. The van der Waals surface area contributed by atoms with Gasteiger partial charge in [0.2, 0.25) is 5.43 Å². The summed E-state index contributed by atoms with van der Waals surface area (Å²) in [5.74, 6) is 1.28. The summed E-state index contributed by atoms with van der Waals surface area (Å²) in [6, 6.07) is 11.9. The lowest BCUT2D eigenvalue weighted by molar-refractivity contribution is 0.416. The van der Waals surface area contributed by atoms with E-state index in [1.807, 2.05) is 31.2 Å². The van der Waals surface area contributed by atoms with Crippen LogP contribution < -0.4 is 10.2 Å². The Labute approximate surface area is 127 Å². The highest BCUT2D eigenvalue weighted by molar-refractivity contribution is 5.85. The van der Waals surface area contributed by atoms with Gasteiger partial charge in [0.1, 0.15) is 22.8 Å². The fourth-order valence-electron chi connectivity index (χ4n) is 2.60. The van der Waals surface area contributed by atoms with Crippen LogP contribution in [-0.2, 0) is 6.42 Å². The molecule has 1 N–H and O–H groups in total. The molecule has 1 heterocycles. The fraction of sp³-hybridized carbons (Fsp3) is 0.167. The molecular formula is C18H16O4. The number of hydrogen-bond acceptors (Lipinski definition) is 4. The van der Waals surface area contributed by atoms with Crippen molar-refractivity contribution in [1.29, 1.82) is 0 Å². The van der Waals surface area contributed by atoms with E-state index >= 15 is 0 Å². The molecule has 0 amide bonds. The van der Waals surface area contributed by atoms with Crippen molar-refractivity contribution in [3.63, 3.8) is 0 Å². The first-order chi connectivity index (χ1) is 10.7. The normalized spacial score (nSPS) is 10.8. The van der Waals surface area contributed by atoms with Gasteiger partial charge in [-0.15, -0.1) is 0 Å². The van der Waals surface area contributed by atoms with Crippen LogP contribution in [0.2, 0.25) is 0 Å². The Morgan fingerprint density at radius 3 is 2.68 bits per heavy atom. The molecule has 0 fully saturated rings. The largest absolute Gasteiger partial charge is 0.508 e. The zero-order valence-electron chi connectivity index (χ0n) is 12.4. The molecular weight excluding hydrogens is 280 g/mol. The van der Waals surface area contributed by atoms with Crippen LogP contribution in [0.15, 0.2) is 51.7 Å². The lowest BCUT2D eigenvalue weighted by atomic mass is 10.00. The topological polar surface area (TPSA) is 59.7 Å². The molecule has 0 aliphatic rings. The maximum Gasteiger partial charge on any atom is 0.200 e. The highest BCUT2D eigenvalue weighted by Gasteiger charge is 2.18. The monoisotopic (exact) mass is 296 g/mol. The molecule has 0 aliphatic carbocycles. The highest BCUT2D eigenvalue weighted by Crippen LogP contribution is 2.32. The molecule has 3 aromatic rings. The molecule has 0 unspecified atom stereocenters. The zero-order chi connectivity index (χ0) is 15.7. The summed E-state index contributed by atoms with van der Waals surface area (Å²) in [7, 11) is 1.57. The molecule has 0 atom stereocenters. The highest BCUT2D eigenvalue weighted by atomic mass is 16.5. The van der Waals surface area contributed by atoms with Gasteiger partial charge in [-0.2, -0.15) is 0 Å². The minimum Gasteiger partial charge on any atom is -0.508 e. The Kier molecular flexibility index (Phi) is 3.59. The van der Waals surface area contributed by atoms with E-state index in [2.05, 4.69) is 0 Å². The molecule has 1 aromatic heterocycles. The van der Waals surface area contributed by atoms with Gasteiger partial charge in [0.05, 0.1) is 18.1 Å². The minimum atomic E-state index is -0.123. The Hall–Kier alpha value is -2.75. The first-order valence-electron chi connectivity index (χ1n) is 7.07. The van der Waals surface area contributed by atoms with Crippen molar-refractivity contribution in [2.75, 3.05) is 7.11 Å². The molecule has 3 rings (SSSR count). The van der Waals surface area contributed by atoms with Crippen molar-refractivity contribution in [3.05, 3.63) is 58.4 Å². The van der Waals surface area contributed by atoms with Crippen LogP contribution in [0.3, 0.4) is 0 Å². The number of ether oxygens (including phenoxy) is 1. The molecule has 2 aromatic carbocycles. The van der Waals surface area contributed by atoms with Crippen molar-refractivity contribution >= 4 is 11.0 Å². The van der Waals surface area contributed by atoms with Crippen molar-refractivity contribution in [2.45, 2.75) is 13.3 Å². The van der Waals surface area contributed by atoms with Gasteiger partial charge < -0.3 is 14.3 Å². The number of phenols is 1. The lowest BCUT2D eigenvalue weighted by Crippen LogP contribution is -2.09. The molecule has 0 saturated carbocycles. The van der Waals surface area contributed by atoms with E-state index in [9.17, 15) is 9.90 Å². The second-order valence-electron chi connectivity index (χ2n) is 4.96. The quantitative estimate of drug-likeness (QED) is 0.800. The number of phenolic OH excluding ortho intramolecular Hbond substituents is 1. The van der Waals surface area contributed by atoms with E-state index in [0.717, 1.165) is 0 Å². The third-order valence-corrected chi connectivity index (χ3v) is 3.65. The van der Waals surface area contributed by atoms with E-state index < -0.39 is 0 Å². The van der Waals surface area contributed by atoms with E-state index in [1.54, 1.807) is 13.2 Å². The number of benzene rings is 2. The third kappa shape index (κ3) is 2.22. The molecule has 0 bridgehead atoms. The van der Waals surface area contributed by atoms with Crippen LogP contribution in [0.25, 0.3) is 22.1 Å². The summed E-state index contributed by atoms with van der Waals surface area (Å²) < 4.78 is 11.2. The molecule has 112 valence electrons. The van der Waals surface area contributed by atoms with Gasteiger partial charge >= 0.3 is 0 Å². The van der Waals surface area contributed by atoms with Gasteiger partial charge in [-0.05, 0) is 18.2 Å². The number of rotatable bonds is 3. The van der Waals surface area contributed by atoms with Gasteiger partial charge in [-0.3, -0.25) is 4.79 Å². The summed E-state index contributed by atoms with van der Waals surface area (Å²) in [6.45, 7) is 1.92. The number of aryl methyl sites for hydroxylation is 1. The summed E-state index contributed by atoms with van der Waals surface area (Å²) in [5.41, 5.74) is 1.49. The van der Waals surface area contributed by atoms with Gasteiger partial charge in [0, 0.05) is 18.1 Å². The van der Waals surface area contributed by atoms with Crippen LogP contribution in [0.4, 0.5) is 0 Å². The zero-order valence-corrected chi connectivity index (χ0v) is 12.4. The summed E-state index contributed by atoms with van der Waals surface area (Å²) in [5, 5.41) is 10.0. The van der Waals surface area contributed by atoms with Gasteiger partial charge in [-0.1, -0.05) is 25.1 Å². The van der Waals surface area contributed by atoms with Crippen molar-refractivity contribution < 1.29 is 14.3 Å². The number of fused-ring (bicyclic) bond motifs is 1. The van der Waals surface area contributed by atoms with Crippen LogP contribution in [0, 0.1) is 0 Å². The van der Waals surface area contributed by atoms with Gasteiger partial charge in [0.25, 0.3) is 0 Å². The maximum atomic E-state index is 12.9. The Morgan fingerprint density at radius 2 is 1.95 bits per heavy atom. The molecule has 0 spiro atoms.